The zero-order chi connectivity index (χ0) is 17.4. The predicted octanol–water partition coefficient (Wildman–Crippen LogP) is 3.37. The molecule has 6 heteroatoms. The quantitative estimate of drug-likeness (QED) is 0.727. The Bertz CT molecular complexity index is 689. The highest BCUT2D eigenvalue weighted by atomic mass is 16.5. The largest absolute Gasteiger partial charge is 0.493 e. The number of methoxy groups -OCH3 is 2. The molecule has 24 heavy (non-hydrogen) atoms. The molecule has 0 saturated heterocycles. The molecule has 1 aromatic carbocycles. The van der Waals surface area contributed by atoms with Gasteiger partial charge in [-0.05, 0) is 30.7 Å². The van der Waals surface area contributed by atoms with Gasteiger partial charge in [-0.1, -0.05) is 13.3 Å². The highest BCUT2D eigenvalue weighted by Crippen LogP contribution is 2.31. The maximum absolute atomic E-state index is 12.1. The lowest BCUT2D eigenvalue weighted by atomic mass is 10.2. The highest BCUT2D eigenvalue weighted by molar-refractivity contribution is 5.93. The number of anilines is 2. The van der Waals surface area contributed by atoms with E-state index in [2.05, 4.69) is 22.5 Å². The van der Waals surface area contributed by atoms with Crippen LogP contribution >= 0.6 is 0 Å². The Morgan fingerprint density at radius 1 is 1.08 bits per heavy atom. The fraction of sp³-hybridized carbons (Fsp3) is 0.333. The molecule has 0 spiro atoms. The monoisotopic (exact) mass is 329 g/mol. The molecule has 0 saturated carbocycles. The Morgan fingerprint density at radius 2 is 1.83 bits per heavy atom. The standard InChI is InChI=1S/C18H23N3O3/c1-4-5-9-20-18(22)15-11-14(8-10-19-15)21-13-6-7-16(23-2)17(12-13)24-3/h6-8,10-12H,4-5,9H2,1-3H3,(H,19,21)(H,20,22). The normalized spacial score (nSPS) is 10.1. The molecule has 0 radical (unpaired) electrons. The van der Waals surface area contributed by atoms with Crippen molar-refractivity contribution in [1.29, 1.82) is 0 Å². The van der Waals surface area contributed by atoms with Gasteiger partial charge in [-0.15, -0.1) is 0 Å². The predicted molar refractivity (Wildman–Crippen MR) is 94.3 cm³/mol. The van der Waals surface area contributed by atoms with Crippen LogP contribution < -0.4 is 20.1 Å². The number of aromatic nitrogens is 1. The first-order chi connectivity index (χ1) is 11.7. The first-order valence-electron chi connectivity index (χ1n) is 7.91. The van der Waals surface area contributed by atoms with Crippen LogP contribution in [0.15, 0.2) is 36.5 Å². The van der Waals surface area contributed by atoms with Gasteiger partial charge in [-0.3, -0.25) is 9.78 Å². The van der Waals surface area contributed by atoms with Gasteiger partial charge in [0.15, 0.2) is 11.5 Å². The average molecular weight is 329 g/mol. The second-order valence-electron chi connectivity index (χ2n) is 5.23. The summed E-state index contributed by atoms with van der Waals surface area (Å²) in [5.74, 6) is 1.13. The molecular formula is C18H23N3O3. The van der Waals surface area contributed by atoms with Crippen LogP contribution in [0.25, 0.3) is 0 Å². The average Bonchev–Trinajstić information content (AvgIpc) is 2.62. The number of carbonyl (C=O) groups is 1. The van der Waals surface area contributed by atoms with Gasteiger partial charge >= 0.3 is 0 Å². The summed E-state index contributed by atoms with van der Waals surface area (Å²) in [5, 5.41) is 6.10. The number of nitrogens with zero attached hydrogens (tertiary/aromatic N) is 1. The number of benzene rings is 1. The lowest BCUT2D eigenvalue weighted by Crippen LogP contribution is -2.25. The van der Waals surface area contributed by atoms with Crippen molar-refractivity contribution in [3.8, 4) is 11.5 Å². The zero-order valence-electron chi connectivity index (χ0n) is 14.3. The summed E-state index contributed by atoms with van der Waals surface area (Å²) in [4.78, 5) is 16.2. The molecule has 1 amide bonds. The molecule has 0 unspecified atom stereocenters. The molecule has 0 aliphatic heterocycles. The number of pyridine rings is 1. The minimum absolute atomic E-state index is 0.167. The summed E-state index contributed by atoms with van der Waals surface area (Å²) in [5.41, 5.74) is 1.99. The SMILES string of the molecule is CCCCNC(=O)c1cc(Nc2ccc(OC)c(OC)c2)ccn1. The summed E-state index contributed by atoms with van der Waals surface area (Å²) >= 11 is 0. The number of hydrogen-bond acceptors (Lipinski definition) is 5. The maximum Gasteiger partial charge on any atom is 0.269 e. The molecule has 6 nitrogen and oxygen atoms in total. The van der Waals surface area contributed by atoms with E-state index in [9.17, 15) is 4.79 Å². The van der Waals surface area contributed by atoms with E-state index in [-0.39, 0.29) is 5.91 Å². The molecule has 128 valence electrons. The van der Waals surface area contributed by atoms with Crippen LogP contribution in [0.1, 0.15) is 30.3 Å². The van der Waals surface area contributed by atoms with Gasteiger partial charge in [0.2, 0.25) is 0 Å². The Morgan fingerprint density at radius 3 is 2.54 bits per heavy atom. The molecule has 0 atom stereocenters. The number of unbranched alkanes of at least 4 members (excludes halogenated alkanes) is 1. The molecule has 0 aliphatic rings. The summed E-state index contributed by atoms with van der Waals surface area (Å²) in [6.07, 6.45) is 3.60. The van der Waals surface area contributed by atoms with Gasteiger partial charge in [0.05, 0.1) is 14.2 Å². The maximum atomic E-state index is 12.1. The van der Waals surface area contributed by atoms with E-state index in [1.165, 1.54) is 0 Å². The van der Waals surface area contributed by atoms with E-state index in [0.29, 0.717) is 23.7 Å². The van der Waals surface area contributed by atoms with Crippen LogP contribution in [-0.4, -0.2) is 31.7 Å². The van der Waals surface area contributed by atoms with Crippen LogP contribution in [-0.2, 0) is 0 Å². The number of amides is 1. The molecule has 1 heterocycles. The smallest absolute Gasteiger partial charge is 0.269 e. The van der Waals surface area contributed by atoms with Crippen molar-refractivity contribution in [1.82, 2.24) is 10.3 Å². The first kappa shape index (κ1) is 17.6. The third kappa shape index (κ3) is 4.62. The van der Waals surface area contributed by atoms with Gasteiger partial charge in [0, 0.05) is 30.2 Å². The van der Waals surface area contributed by atoms with Crippen molar-refractivity contribution in [3.63, 3.8) is 0 Å². The van der Waals surface area contributed by atoms with Crippen molar-refractivity contribution >= 4 is 17.3 Å². The van der Waals surface area contributed by atoms with Gasteiger partial charge in [0.25, 0.3) is 5.91 Å². The molecule has 0 bridgehead atoms. The summed E-state index contributed by atoms with van der Waals surface area (Å²) in [6, 6.07) is 9.06. The Labute approximate surface area is 142 Å². The minimum atomic E-state index is -0.167. The summed E-state index contributed by atoms with van der Waals surface area (Å²) < 4.78 is 10.5. The zero-order valence-corrected chi connectivity index (χ0v) is 14.3. The summed E-state index contributed by atoms with van der Waals surface area (Å²) in [7, 11) is 3.18. The van der Waals surface area contributed by atoms with Crippen molar-refractivity contribution < 1.29 is 14.3 Å². The van der Waals surface area contributed by atoms with E-state index in [1.54, 1.807) is 32.5 Å². The van der Waals surface area contributed by atoms with Gasteiger partial charge in [0.1, 0.15) is 5.69 Å². The van der Waals surface area contributed by atoms with E-state index in [4.69, 9.17) is 9.47 Å². The Balaban J connectivity index is 2.10. The van der Waals surface area contributed by atoms with Crippen molar-refractivity contribution in [3.05, 3.63) is 42.2 Å². The second kappa shape index (κ2) is 8.76. The van der Waals surface area contributed by atoms with Gasteiger partial charge < -0.3 is 20.1 Å². The first-order valence-corrected chi connectivity index (χ1v) is 7.91. The van der Waals surface area contributed by atoms with Crippen LogP contribution in [0, 0.1) is 0 Å². The number of ether oxygens (including phenoxy) is 2. The van der Waals surface area contributed by atoms with Crippen LogP contribution in [0.2, 0.25) is 0 Å². The van der Waals surface area contributed by atoms with Crippen LogP contribution in [0.5, 0.6) is 11.5 Å². The number of hydrogen-bond donors (Lipinski definition) is 2. The molecule has 0 fully saturated rings. The molecule has 2 aromatic rings. The highest BCUT2D eigenvalue weighted by Gasteiger charge is 2.08. The molecule has 1 aromatic heterocycles. The fourth-order valence-electron chi connectivity index (χ4n) is 2.18. The van der Waals surface area contributed by atoms with Gasteiger partial charge in [-0.25, -0.2) is 0 Å². The molecule has 2 N–H and O–H groups in total. The molecular weight excluding hydrogens is 306 g/mol. The lowest BCUT2D eigenvalue weighted by molar-refractivity contribution is 0.0948. The molecule has 0 aliphatic carbocycles. The third-order valence-corrected chi connectivity index (χ3v) is 3.48. The minimum Gasteiger partial charge on any atom is -0.493 e. The third-order valence-electron chi connectivity index (χ3n) is 3.48. The fourth-order valence-corrected chi connectivity index (χ4v) is 2.18. The van der Waals surface area contributed by atoms with Crippen LogP contribution in [0.3, 0.4) is 0 Å². The van der Waals surface area contributed by atoms with E-state index >= 15 is 0 Å². The number of rotatable bonds is 8. The Kier molecular flexibility index (Phi) is 6.42. The molecule has 2 rings (SSSR count). The topological polar surface area (TPSA) is 72.5 Å². The van der Waals surface area contributed by atoms with E-state index in [1.807, 2.05) is 18.2 Å². The van der Waals surface area contributed by atoms with E-state index in [0.717, 1.165) is 24.2 Å². The van der Waals surface area contributed by atoms with E-state index < -0.39 is 0 Å². The van der Waals surface area contributed by atoms with Gasteiger partial charge in [-0.2, -0.15) is 0 Å². The van der Waals surface area contributed by atoms with Crippen LogP contribution in [0.4, 0.5) is 11.4 Å². The van der Waals surface area contributed by atoms with Crippen molar-refractivity contribution in [2.75, 3.05) is 26.1 Å². The van der Waals surface area contributed by atoms with Crippen molar-refractivity contribution in [2.24, 2.45) is 0 Å². The number of carbonyl (C=O) groups excluding carboxylic acids is 1. The number of nitrogens with one attached hydrogen (secondary N) is 2. The van der Waals surface area contributed by atoms with Crippen molar-refractivity contribution in [2.45, 2.75) is 19.8 Å². The summed E-state index contributed by atoms with van der Waals surface area (Å²) in [6.45, 7) is 2.74. The second-order valence-corrected chi connectivity index (χ2v) is 5.23. The Hall–Kier alpha value is -2.76. The lowest BCUT2D eigenvalue weighted by Gasteiger charge is -2.12.